The van der Waals surface area contributed by atoms with Gasteiger partial charge in [-0.3, -0.25) is 19.2 Å². The van der Waals surface area contributed by atoms with Crippen LogP contribution in [-0.2, 0) is 34.6 Å². The Morgan fingerprint density at radius 3 is 2.79 bits per heavy atom. The van der Waals surface area contributed by atoms with Gasteiger partial charge in [-0.2, -0.15) is 5.10 Å². The zero-order chi connectivity index (χ0) is 23.9. The molecule has 2 N–H and O–H groups in total. The zero-order valence-electron chi connectivity index (χ0n) is 19.3. The monoisotopic (exact) mass is 477 g/mol. The first kappa shape index (κ1) is 22.3. The summed E-state index contributed by atoms with van der Waals surface area (Å²) >= 11 is 1.61. The van der Waals surface area contributed by atoms with Gasteiger partial charge in [0.2, 0.25) is 5.91 Å². The molecule has 8 nitrogen and oxygen atoms in total. The highest BCUT2D eigenvalue weighted by molar-refractivity contribution is 7.10. The largest absolute Gasteiger partial charge is 0.350 e. The van der Waals surface area contributed by atoms with Crippen LogP contribution in [0.3, 0.4) is 0 Å². The van der Waals surface area contributed by atoms with Crippen molar-refractivity contribution in [3.8, 4) is 0 Å². The minimum atomic E-state index is -1.03. The molecule has 1 saturated heterocycles. The molecule has 1 fully saturated rings. The molecule has 1 aliphatic carbocycles. The number of nitrogens with zero attached hydrogens (tertiary/aromatic N) is 3. The van der Waals surface area contributed by atoms with Crippen molar-refractivity contribution in [3.05, 3.63) is 74.7 Å². The lowest BCUT2D eigenvalue weighted by atomic mass is 9.80. The number of hydrogen-bond donors (Lipinski definition) is 2. The average molecular weight is 478 g/mol. The fourth-order valence-corrected chi connectivity index (χ4v) is 5.97. The molecule has 2 aliphatic rings. The van der Waals surface area contributed by atoms with Crippen LogP contribution in [0.4, 0.5) is 4.79 Å². The average Bonchev–Trinajstić information content (AvgIpc) is 3.47. The predicted molar refractivity (Wildman–Crippen MR) is 128 cm³/mol. The first-order chi connectivity index (χ1) is 16.4. The zero-order valence-corrected chi connectivity index (χ0v) is 20.1. The fourth-order valence-electron chi connectivity index (χ4n) is 4.97. The first-order valence-corrected chi connectivity index (χ1v) is 12.3. The Morgan fingerprint density at radius 2 is 2.00 bits per heavy atom. The number of aromatic nitrogens is 2. The number of imide groups is 1. The van der Waals surface area contributed by atoms with Crippen LogP contribution in [0.2, 0.25) is 0 Å². The molecule has 34 heavy (non-hydrogen) atoms. The van der Waals surface area contributed by atoms with Crippen LogP contribution in [0.15, 0.2) is 41.8 Å². The summed E-state index contributed by atoms with van der Waals surface area (Å²) in [6.45, 7) is 4.53. The number of fused-ring (bicyclic) bond motifs is 2. The second kappa shape index (κ2) is 8.72. The van der Waals surface area contributed by atoms with E-state index in [1.807, 2.05) is 60.3 Å². The molecule has 0 saturated carbocycles. The summed E-state index contributed by atoms with van der Waals surface area (Å²) in [4.78, 5) is 40.9. The highest BCUT2D eigenvalue weighted by atomic mass is 32.1. The van der Waals surface area contributed by atoms with E-state index in [9.17, 15) is 14.4 Å². The van der Waals surface area contributed by atoms with Crippen LogP contribution in [0.5, 0.6) is 0 Å². The summed E-state index contributed by atoms with van der Waals surface area (Å²) in [7, 11) is 0. The van der Waals surface area contributed by atoms with Crippen molar-refractivity contribution in [1.29, 1.82) is 0 Å². The van der Waals surface area contributed by atoms with Gasteiger partial charge in [0.25, 0.3) is 5.91 Å². The molecule has 0 radical (unpaired) electrons. The molecule has 3 aromatic rings. The Labute approximate surface area is 202 Å². The van der Waals surface area contributed by atoms with E-state index in [0.29, 0.717) is 13.0 Å². The second-order valence-electron chi connectivity index (χ2n) is 8.91. The maximum absolute atomic E-state index is 13.3. The maximum atomic E-state index is 13.3. The highest BCUT2D eigenvalue weighted by Gasteiger charge is 2.54. The molecule has 176 valence electrons. The van der Waals surface area contributed by atoms with Gasteiger partial charge in [0, 0.05) is 28.2 Å². The number of carbonyl (C=O) groups excluding carboxylic acids is 3. The van der Waals surface area contributed by atoms with Crippen LogP contribution < -0.4 is 10.6 Å². The standard InChI is InChI=1S/C25H27N5O3S/c1-16-19(17(2)30(28-16)14-18-7-4-3-5-8-18)13-26-22(31)15-29-23(32)25(27-24(29)33)11-6-9-21-20(25)10-12-34-21/h3-5,7-8,10,12H,6,9,11,13-15H2,1-2H3,(H,26,31)(H,27,33). The van der Waals surface area contributed by atoms with Gasteiger partial charge < -0.3 is 10.6 Å². The molecule has 1 unspecified atom stereocenters. The van der Waals surface area contributed by atoms with Crippen LogP contribution in [0.25, 0.3) is 0 Å². The van der Waals surface area contributed by atoms with E-state index in [4.69, 9.17) is 0 Å². The number of benzene rings is 1. The number of nitrogens with one attached hydrogen (secondary N) is 2. The molecule has 0 bridgehead atoms. The smallest absolute Gasteiger partial charge is 0.325 e. The summed E-state index contributed by atoms with van der Waals surface area (Å²) in [5.74, 6) is -0.716. The van der Waals surface area contributed by atoms with Gasteiger partial charge in [0.1, 0.15) is 12.1 Å². The summed E-state index contributed by atoms with van der Waals surface area (Å²) in [5, 5.41) is 12.3. The SMILES string of the molecule is Cc1nn(Cc2ccccc2)c(C)c1CNC(=O)CN1C(=O)NC2(CCCc3sccc32)C1=O. The number of rotatable bonds is 6. The Morgan fingerprint density at radius 1 is 1.21 bits per heavy atom. The molecular formula is C25H27N5O3S. The number of carbonyl (C=O) groups is 3. The van der Waals surface area contributed by atoms with E-state index >= 15 is 0 Å². The minimum Gasteiger partial charge on any atom is -0.350 e. The number of thiophene rings is 1. The van der Waals surface area contributed by atoms with Gasteiger partial charge >= 0.3 is 6.03 Å². The molecular weight excluding hydrogens is 450 g/mol. The quantitative estimate of drug-likeness (QED) is 0.534. The van der Waals surface area contributed by atoms with Crippen LogP contribution in [0, 0.1) is 13.8 Å². The minimum absolute atomic E-state index is 0.286. The maximum Gasteiger partial charge on any atom is 0.325 e. The van der Waals surface area contributed by atoms with Crippen molar-refractivity contribution in [2.45, 2.75) is 51.7 Å². The Hall–Kier alpha value is -3.46. The van der Waals surface area contributed by atoms with E-state index in [1.54, 1.807) is 11.3 Å². The van der Waals surface area contributed by atoms with Gasteiger partial charge in [-0.1, -0.05) is 30.3 Å². The van der Waals surface area contributed by atoms with Gasteiger partial charge in [-0.05, 0) is 50.1 Å². The second-order valence-corrected chi connectivity index (χ2v) is 9.91. The van der Waals surface area contributed by atoms with E-state index < -0.39 is 11.6 Å². The van der Waals surface area contributed by atoms with E-state index in [2.05, 4.69) is 15.7 Å². The normalized spacial score (nSPS) is 19.4. The molecule has 9 heteroatoms. The lowest BCUT2D eigenvalue weighted by molar-refractivity contribution is -0.135. The third kappa shape index (κ3) is 3.79. The Balaban J connectivity index is 1.25. The van der Waals surface area contributed by atoms with Crippen LogP contribution in [0.1, 0.15) is 45.8 Å². The van der Waals surface area contributed by atoms with E-state index in [0.717, 1.165) is 50.7 Å². The summed E-state index contributed by atoms with van der Waals surface area (Å²) in [5.41, 5.74) is 3.75. The molecule has 1 spiro atoms. The van der Waals surface area contributed by atoms with Crippen molar-refractivity contribution in [3.63, 3.8) is 0 Å². The van der Waals surface area contributed by atoms with Crippen molar-refractivity contribution in [2.75, 3.05) is 6.54 Å². The lowest BCUT2D eigenvalue weighted by Crippen LogP contribution is -2.46. The number of hydrogen-bond acceptors (Lipinski definition) is 5. The van der Waals surface area contributed by atoms with Crippen molar-refractivity contribution >= 4 is 29.2 Å². The van der Waals surface area contributed by atoms with Gasteiger partial charge in [0.15, 0.2) is 0 Å². The third-order valence-electron chi connectivity index (χ3n) is 6.81. The summed E-state index contributed by atoms with van der Waals surface area (Å²) < 4.78 is 1.93. The predicted octanol–water partition coefficient (Wildman–Crippen LogP) is 3.01. The van der Waals surface area contributed by atoms with Gasteiger partial charge in [-0.15, -0.1) is 11.3 Å². The van der Waals surface area contributed by atoms with Crippen LogP contribution >= 0.6 is 11.3 Å². The third-order valence-corrected chi connectivity index (χ3v) is 7.79. The first-order valence-electron chi connectivity index (χ1n) is 11.4. The molecule has 3 heterocycles. The number of aryl methyl sites for hydroxylation is 2. The summed E-state index contributed by atoms with van der Waals surface area (Å²) in [6, 6.07) is 11.5. The van der Waals surface area contributed by atoms with Crippen LogP contribution in [-0.4, -0.2) is 39.1 Å². The molecule has 4 amide bonds. The van der Waals surface area contributed by atoms with Gasteiger partial charge in [0.05, 0.1) is 12.2 Å². The van der Waals surface area contributed by atoms with E-state index in [1.165, 1.54) is 0 Å². The van der Waals surface area contributed by atoms with Crippen molar-refractivity contribution in [1.82, 2.24) is 25.3 Å². The molecule has 5 rings (SSSR count). The molecule has 2 aromatic heterocycles. The molecule has 1 aliphatic heterocycles. The topological polar surface area (TPSA) is 96.3 Å². The number of amides is 4. The lowest BCUT2D eigenvalue weighted by Gasteiger charge is -2.31. The van der Waals surface area contributed by atoms with Gasteiger partial charge in [-0.25, -0.2) is 4.79 Å². The van der Waals surface area contributed by atoms with Crippen molar-refractivity contribution < 1.29 is 14.4 Å². The molecule has 1 atom stereocenters. The Bertz CT molecular complexity index is 1260. The number of urea groups is 1. The highest BCUT2D eigenvalue weighted by Crippen LogP contribution is 2.42. The fraction of sp³-hybridized carbons (Fsp3) is 0.360. The van der Waals surface area contributed by atoms with E-state index in [-0.39, 0.29) is 24.9 Å². The molecule has 1 aromatic carbocycles. The van der Waals surface area contributed by atoms with Crippen molar-refractivity contribution in [2.24, 2.45) is 0 Å². The Kier molecular flexibility index (Phi) is 5.73. The summed E-state index contributed by atoms with van der Waals surface area (Å²) in [6.07, 6.45) is 2.29.